The van der Waals surface area contributed by atoms with Crippen molar-refractivity contribution in [2.24, 2.45) is 5.92 Å². The molecule has 2 fully saturated rings. The molecular formula is C23H30FN3O7. The summed E-state index contributed by atoms with van der Waals surface area (Å²) in [5.41, 5.74) is -0.751. The summed E-state index contributed by atoms with van der Waals surface area (Å²) in [7, 11) is 0. The van der Waals surface area contributed by atoms with Crippen LogP contribution < -0.4 is 5.32 Å². The van der Waals surface area contributed by atoms with Crippen LogP contribution in [0.4, 0.5) is 9.18 Å². The number of alkyl carbamates (subject to hydrolysis) is 1. The van der Waals surface area contributed by atoms with Crippen molar-refractivity contribution in [2.45, 2.75) is 44.9 Å². The minimum Gasteiger partial charge on any atom is -0.480 e. The van der Waals surface area contributed by atoms with E-state index in [1.165, 1.54) is 18.2 Å². The van der Waals surface area contributed by atoms with Crippen molar-refractivity contribution in [1.82, 2.24) is 15.1 Å². The Hall–Kier alpha value is -3.21. The molecule has 2 aliphatic heterocycles. The standard InChI is InChI=1S/C23H30FN3O7/c1-23(2,3)34-22(32)25-13-18(28)27-17(21(30)31)12-15(20(29)26-8-10-33-11-9-26)19(27)14-6-4-5-7-16(14)24/h4-7,15,17,19H,8-13H2,1-3H3,(H,25,32)(H,30,31). The van der Waals surface area contributed by atoms with Gasteiger partial charge >= 0.3 is 12.1 Å². The van der Waals surface area contributed by atoms with Crippen LogP contribution in [0.3, 0.4) is 0 Å². The Bertz CT molecular complexity index is 943. The highest BCUT2D eigenvalue weighted by Gasteiger charge is 2.52. The van der Waals surface area contributed by atoms with Gasteiger partial charge in [-0.2, -0.15) is 0 Å². The number of rotatable bonds is 5. The Morgan fingerprint density at radius 2 is 1.82 bits per heavy atom. The van der Waals surface area contributed by atoms with Crippen LogP contribution in [0.15, 0.2) is 24.3 Å². The number of morpholine rings is 1. The number of ether oxygens (including phenoxy) is 2. The Kier molecular flexibility index (Phi) is 7.75. The van der Waals surface area contributed by atoms with Crippen molar-refractivity contribution in [3.63, 3.8) is 0 Å². The molecule has 0 aliphatic carbocycles. The van der Waals surface area contributed by atoms with Crippen LogP contribution >= 0.6 is 0 Å². The first-order chi connectivity index (χ1) is 16.0. The molecule has 34 heavy (non-hydrogen) atoms. The van der Waals surface area contributed by atoms with Crippen molar-refractivity contribution >= 4 is 23.9 Å². The van der Waals surface area contributed by atoms with E-state index in [1.54, 1.807) is 31.7 Å². The minimum atomic E-state index is -1.37. The lowest BCUT2D eigenvalue weighted by Crippen LogP contribution is -2.48. The Balaban J connectivity index is 1.92. The van der Waals surface area contributed by atoms with Crippen LogP contribution in [0.2, 0.25) is 0 Å². The second kappa shape index (κ2) is 10.4. The summed E-state index contributed by atoms with van der Waals surface area (Å²) in [6, 6.07) is 3.15. The number of carbonyl (C=O) groups is 4. The van der Waals surface area contributed by atoms with Gasteiger partial charge in [-0.1, -0.05) is 18.2 Å². The van der Waals surface area contributed by atoms with E-state index in [4.69, 9.17) is 9.47 Å². The number of hydrogen-bond donors (Lipinski definition) is 2. The van der Waals surface area contributed by atoms with E-state index in [1.807, 2.05) is 0 Å². The molecule has 186 valence electrons. The highest BCUT2D eigenvalue weighted by molar-refractivity contribution is 5.91. The number of hydrogen-bond acceptors (Lipinski definition) is 6. The zero-order chi connectivity index (χ0) is 25.0. The van der Waals surface area contributed by atoms with E-state index >= 15 is 0 Å². The molecule has 0 bridgehead atoms. The predicted octanol–water partition coefficient (Wildman–Crippen LogP) is 1.55. The van der Waals surface area contributed by atoms with Gasteiger partial charge in [0.15, 0.2) is 0 Å². The molecule has 10 nitrogen and oxygen atoms in total. The SMILES string of the molecule is CC(C)(C)OC(=O)NCC(=O)N1C(C(=O)O)CC(C(=O)N2CCOCC2)C1c1ccccc1F. The fourth-order valence-electron chi connectivity index (χ4n) is 4.31. The zero-order valence-electron chi connectivity index (χ0n) is 19.5. The molecule has 1 aromatic rings. The topological polar surface area (TPSA) is 125 Å². The second-order valence-electron chi connectivity index (χ2n) is 9.26. The number of nitrogens with one attached hydrogen (secondary N) is 1. The first-order valence-electron chi connectivity index (χ1n) is 11.1. The number of nitrogens with zero attached hydrogens (tertiary/aromatic N) is 2. The molecule has 2 N–H and O–H groups in total. The maximum Gasteiger partial charge on any atom is 0.408 e. The number of carboxylic acid groups (broad SMARTS) is 1. The van der Waals surface area contributed by atoms with Crippen LogP contribution in [0, 0.1) is 11.7 Å². The molecular weight excluding hydrogens is 449 g/mol. The molecule has 0 saturated carbocycles. The van der Waals surface area contributed by atoms with E-state index < -0.39 is 53.9 Å². The molecule has 0 spiro atoms. The third-order valence-corrected chi connectivity index (χ3v) is 5.71. The Morgan fingerprint density at radius 3 is 2.41 bits per heavy atom. The van der Waals surface area contributed by atoms with Gasteiger partial charge in [0.2, 0.25) is 11.8 Å². The van der Waals surface area contributed by atoms with Crippen LogP contribution in [0.5, 0.6) is 0 Å². The molecule has 3 amide bonds. The highest BCUT2D eigenvalue weighted by atomic mass is 19.1. The van der Waals surface area contributed by atoms with Crippen molar-refractivity contribution in [1.29, 1.82) is 0 Å². The summed E-state index contributed by atoms with van der Waals surface area (Å²) in [4.78, 5) is 53.3. The van der Waals surface area contributed by atoms with Gasteiger partial charge in [0.05, 0.1) is 25.2 Å². The fourth-order valence-corrected chi connectivity index (χ4v) is 4.31. The van der Waals surface area contributed by atoms with Gasteiger partial charge in [0, 0.05) is 18.7 Å². The van der Waals surface area contributed by atoms with Crippen molar-refractivity contribution in [3.8, 4) is 0 Å². The maximum atomic E-state index is 14.9. The van der Waals surface area contributed by atoms with Gasteiger partial charge < -0.3 is 29.7 Å². The van der Waals surface area contributed by atoms with E-state index in [9.17, 15) is 28.7 Å². The van der Waals surface area contributed by atoms with Gasteiger partial charge in [0.25, 0.3) is 0 Å². The quantitative estimate of drug-likeness (QED) is 0.656. The van der Waals surface area contributed by atoms with Crippen LogP contribution in [0.1, 0.15) is 38.8 Å². The highest BCUT2D eigenvalue weighted by Crippen LogP contribution is 2.43. The van der Waals surface area contributed by atoms with Gasteiger partial charge in [0.1, 0.15) is 24.0 Å². The van der Waals surface area contributed by atoms with Crippen molar-refractivity contribution in [3.05, 3.63) is 35.6 Å². The molecule has 3 unspecified atom stereocenters. The largest absolute Gasteiger partial charge is 0.480 e. The molecule has 3 atom stereocenters. The molecule has 2 saturated heterocycles. The monoisotopic (exact) mass is 479 g/mol. The molecule has 2 heterocycles. The summed E-state index contributed by atoms with van der Waals surface area (Å²) in [5.74, 6) is -4.07. The van der Waals surface area contributed by atoms with Gasteiger partial charge in [-0.3, -0.25) is 9.59 Å². The number of aliphatic carboxylic acids is 1. The van der Waals surface area contributed by atoms with E-state index in [0.29, 0.717) is 26.3 Å². The minimum absolute atomic E-state index is 0.0449. The lowest BCUT2D eigenvalue weighted by molar-refractivity contribution is -0.149. The second-order valence-corrected chi connectivity index (χ2v) is 9.26. The third kappa shape index (κ3) is 5.82. The molecule has 11 heteroatoms. The first-order valence-corrected chi connectivity index (χ1v) is 11.1. The van der Waals surface area contributed by atoms with Crippen molar-refractivity contribution < 1.29 is 38.1 Å². The molecule has 1 aromatic carbocycles. The number of carboxylic acids is 1. The van der Waals surface area contributed by atoms with E-state index in [-0.39, 0.29) is 17.9 Å². The smallest absolute Gasteiger partial charge is 0.408 e. The molecule has 0 aromatic heterocycles. The maximum absolute atomic E-state index is 14.9. The van der Waals surface area contributed by atoms with Crippen LogP contribution in [-0.4, -0.2) is 83.3 Å². The number of benzene rings is 1. The Labute approximate surface area is 197 Å². The summed E-state index contributed by atoms with van der Waals surface area (Å²) in [6.07, 6.45) is -1.03. The summed E-state index contributed by atoms with van der Waals surface area (Å²) in [5, 5.41) is 12.2. The number of carbonyl (C=O) groups excluding carboxylic acids is 3. The number of amides is 3. The van der Waals surface area contributed by atoms with Gasteiger partial charge in [-0.25, -0.2) is 14.0 Å². The van der Waals surface area contributed by atoms with Crippen molar-refractivity contribution in [2.75, 3.05) is 32.8 Å². The molecule has 0 radical (unpaired) electrons. The first kappa shape index (κ1) is 25.4. The third-order valence-electron chi connectivity index (χ3n) is 5.71. The van der Waals surface area contributed by atoms with Crippen LogP contribution in [0.25, 0.3) is 0 Å². The summed E-state index contributed by atoms with van der Waals surface area (Å²) in [6.45, 7) is 5.74. The summed E-state index contributed by atoms with van der Waals surface area (Å²) < 4.78 is 25.3. The number of halogens is 1. The van der Waals surface area contributed by atoms with Crippen LogP contribution in [-0.2, 0) is 23.9 Å². The number of likely N-dealkylation sites (tertiary alicyclic amines) is 1. The molecule has 2 aliphatic rings. The zero-order valence-corrected chi connectivity index (χ0v) is 19.5. The Morgan fingerprint density at radius 1 is 1.18 bits per heavy atom. The summed E-state index contributed by atoms with van der Waals surface area (Å²) >= 11 is 0. The average molecular weight is 480 g/mol. The normalized spacial score (nSPS) is 22.9. The van der Waals surface area contributed by atoms with E-state index in [0.717, 1.165) is 4.90 Å². The van der Waals surface area contributed by atoms with E-state index in [2.05, 4.69) is 5.32 Å². The lowest BCUT2D eigenvalue weighted by Gasteiger charge is -2.34. The fraction of sp³-hybridized carbons (Fsp3) is 0.565. The van der Waals surface area contributed by atoms with Gasteiger partial charge in [-0.15, -0.1) is 0 Å². The predicted molar refractivity (Wildman–Crippen MR) is 117 cm³/mol. The average Bonchev–Trinajstić information content (AvgIpc) is 3.17. The molecule has 3 rings (SSSR count). The lowest BCUT2D eigenvalue weighted by atomic mass is 9.91. The van der Waals surface area contributed by atoms with Gasteiger partial charge in [-0.05, 0) is 33.3 Å².